The van der Waals surface area contributed by atoms with Gasteiger partial charge in [0.15, 0.2) is 0 Å². The van der Waals surface area contributed by atoms with E-state index in [1.54, 1.807) is 0 Å². The van der Waals surface area contributed by atoms with Gasteiger partial charge in [0.25, 0.3) is 0 Å². The van der Waals surface area contributed by atoms with Crippen molar-refractivity contribution < 1.29 is 9.84 Å². The highest BCUT2D eigenvalue weighted by Crippen LogP contribution is 2.29. The Kier molecular flexibility index (Phi) is 4.64. The molecule has 0 saturated heterocycles. The van der Waals surface area contributed by atoms with Crippen molar-refractivity contribution in [2.45, 2.75) is 12.8 Å². The van der Waals surface area contributed by atoms with Gasteiger partial charge in [0.1, 0.15) is 5.75 Å². The maximum atomic E-state index is 9.42. The lowest BCUT2D eigenvalue weighted by molar-refractivity contribution is 0.206. The Morgan fingerprint density at radius 2 is 2.06 bits per heavy atom. The van der Waals surface area contributed by atoms with Crippen LogP contribution in [0.25, 0.3) is 0 Å². The van der Waals surface area contributed by atoms with E-state index in [4.69, 9.17) is 16.3 Å². The second-order valence-electron chi connectivity index (χ2n) is 4.10. The summed E-state index contributed by atoms with van der Waals surface area (Å²) in [6, 6.07) is 11.6. The summed E-state index contributed by atoms with van der Waals surface area (Å²) in [7, 11) is 0. The first-order chi connectivity index (χ1) is 8.70. The highest BCUT2D eigenvalue weighted by Gasteiger charge is 2.14. The lowest BCUT2D eigenvalue weighted by Gasteiger charge is -2.15. The van der Waals surface area contributed by atoms with Gasteiger partial charge in [-0.05, 0) is 30.7 Å². The number of benzene rings is 1. The number of halogens is 1. The summed E-state index contributed by atoms with van der Waals surface area (Å²) in [5.74, 6) is 0.834. The van der Waals surface area contributed by atoms with Crippen molar-refractivity contribution in [3.05, 3.63) is 51.2 Å². The first-order valence-corrected chi connectivity index (χ1v) is 6.94. The number of aliphatic hydroxyl groups excluding tert-OH is 1. The minimum absolute atomic E-state index is 0.0258. The quantitative estimate of drug-likeness (QED) is 0.902. The Labute approximate surface area is 116 Å². The fourth-order valence-electron chi connectivity index (χ4n) is 1.68. The SMILES string of the molecule is Cc1ccccc1OCC(CO)c1ccc(Cl)s1. The van der Waals surface area contributed by atoms with Crippen LogP contribution >= 0.6 is 22.9 Å². The number of aliphatic hydroxyl groups is 1. The smallest absolute Gasteiger partial charge is 0.122 e. The molecule has 2 aromatic rings. The van der Waals surface area contributed by atoms with Crippen LogP contribution < -0.4 is 4.74 Å². The molecular weight excluding hydrogens is 268 g/mol. The molecular formula is C14H15ClO2S. The molecule has 0 amide bonds. The Hall–Kier alpha value is -1.03. The van der Waals surface area contributed by atoms with Crippen molar-refractivity contribution in [3.8, 4) is 5.75 Å². The minimum Gasteiger partial charge on any atom is -0.493 e. The molecule has 1 unspecified atom stereocenters. The van der Waals surface area contributed by atoms with E-state index in [2.05, 4.69) is 0 Å². The normalized spacial score (nSPS) is 12.4. The maximum Gasteiger partial charge on any atom is 0.122 e. The van der Waals surface area contributed by atoms with Crippen LogP contribution in [0.15, 0.2) is 36.4 Å². The molecule has 0 aliphatic rings. The zero-order valence-electron chi connectivity index (χ0n) is 10.1. The Morgan fingerprint density at radius 3 is 2.67 bits per heavy atom. The number of para-hydroxylation sites is 1. The Bertz CT molecular complexity index is 510. The van der Waals surface area contributed by atoms with Gasteiger partial charge in [0, 0.05) is 4.88 Å². The van der Waals surface area contributed by atoms with E-state index in [1.807, 2.05) is 43.3 Å². The summed E-state index contributed by atoms with van der Waals surface area (Å²) >= 11 is 7.39. The molecule has 2 rings (SSSR count). The molecule has 1 aromatic heterocycles. The van der Waals surface area contributed by atoms with E-state index in [0.717, 1.165) is 20.5 Å². The largest absolute Gasteiger partial charge is 0.493 e. The van der Waals surface area contributed by atoms with E-state index in [9.17, 15) is 5.11 Å². The number of thiophene rings is 1. The second kappa shape index (κ2) is 6.23. The zero-order chi connectivity index (χ0) is 13.0. The van der Waals surface area contributed by atoms with E-state index in [-0.39, 0.29) is 12.5 Å². The number of rotatable bonds is 5. The topological polar surface area (TPSA) is 29.5 Å². The van der Waals surface area contributed by atoms with Crippen LogP contribution in [0.2, 0.25) is 4.34 Å². The molecule has 4 heteroatoms. The molecule has 96 valence electrons. The predicted octanol–water partition coefficient (Wildman–Crippen LogP) is 3.86. The van der Waals surface area contributed by atoms with Crippen LogP contribution in [0.5, 0.6) is 5.75 Å². The monoisotopic (exact) mass is 282 g/mol. The molecule has 1 N–H and O–H groups in total. The number of hydrogen-bond donors (Lipinski definition) is 1. The third-order valence-electron chi connectivity index (χ3n) is 2.75. The molecule has 0 bridgehead atoms. The molecule has 18 heavy (non-hydrogen) atoms. The Morgan fingerprint density at radius 1 is 1.28 bits per heavy atom. The molecule has 0 radical (unpaired) electrons. The van der Waals surface area contributed by atoms with Gasteiger partial charge >= 0.3 is 0 Å². The maximum absolute atomic E-state index is 9.42. The van der Waals surface area contributed by atoms with Gasteiger partial charge in [0.2, 0.25) is 0 Å². The average Bonchev–Trinajstić information content (AvgIpc) is 2.79. The van der Waals surface area contributed by atoms with Gasteiger partial charge in [-0.2, -0.15) is 0 Å². The van der Waals surface area contributed by atoms with E-state index < -0.39 is 0 Å². The molecule has 2 nitrogen and oxygen atoms in total. The fraction of sp³-hybridized carbons (Fsp3) is 0.286. The van der Waals surface area contributed by atoms with Gasteiger partial charge in [-0.1, -0.05) is 29.8 Å². The number of ether oxygens (including phenoxy) is 1. The third kappa shape index (κ3) is 3.25. The fourth-order valence-corrected chi connectivity index (χ4v) is 2.82. The summed E-state index contributed by atoms with van der Waals surface area (Å²) in [5.41, 5.74) is 1.10. The molecule has 0 spiro atoms. The van der Waals surface area contributed by atoms with E-state index in [1.165, 1.54) is 11.3 Å². The Balaban J connectivity index is 2.02. The van der Waals surface area contributed by atoms with Gasteiger partial charge < -0.3 is 9.84 Å². The van der Waals surface area contributed by atoms with Crippen molar-refractivity contribution in [2.75, 3.05) is 13.2 Å². The molecule has 1 heterocycles. The average molecular weight is 283 g/mol. The molecule has 0 fully saturated rings. The first-order valence-electron chi connectivity index (χ1n) is 5.75. The van der Waals surface area contributed by atoms with E-state index in [0.29, 0.717) is 6.61 Å². The van der Waals surface area contributed by atoms with Crippen molar-refractivity contribution >= 4 is 22.9 Å². The molecule has 1 atom stereocenters. The van der Waals surface area contributed by atoms with Crippen molar-refractivity contribution in [2.24, 2.45) is 0 Å². The third-order valence-corrected chi connectivity index (χ3v) is 4.14. The summed E-state index contributed by atoms with van der Waals surface area (Å²) < 4.78 is 6.49. The number of hydrogen-bond acceptors (Lipinski definition) is 3. The van der Waals surface area contributed by atoms with E-state index >= 15 is 0 Å². The molecule has 0 aliphatic heterocycles. The van der Waals surface area contributed by atoms with Gasteiger partial charge in [-0.3, -0.25) is 0 Å². The predicted molar refractivity (Wildman–Crippen MR) is 75.8 cm³/mol. The van der Waals surface area contributed by atoms with Crippen molar-refractivity contribution in [3.63, 3.8) is 0 Å². The standard InChI is InChI=1S/C14H15ClO2S/c1-10-4-2-3-5-12(10)17-9-11(8-16)13-6-7-14(15)18-13/h2-7,11,16H,8-9H2,1H3. The van der Waals surface area contributed by atoms with Crippen LogP contribution in [0.3, 0.4) is 0 Å². The summed E-state index contributed by atoms with van der Waals surface area (Å²) in [6.45, 7) is 2.52. The summed E-state index contributed by atoms with van der Waals surface area (Å²) in [6.07, 6.45) is 0. The van der Waals surface area contributed by atoms with Crippen LogP contribution in [0.1, 0.15) is 16.4 Å². The van der Waals surface area contributed by atoms with Crippen LogP contribution in [0.4, 0.5) is 0 Å². The molecule has 0 saturated carbocycles. The van der Waals surface area contributed by atoms with Crippen LogP contribution in [0, 0.1) is 6.92 Å². The highest BCUT2D eigenvalue weighted by atomic mass is 35.5. The van der Waals surface area contributed by atoms with Crippen molar-refractivity contribution in [1.29, 1.82) is 0 Å². The zero-order valence-corrected chi connectivity index (χ0v) is 11.7. The molecule has 1 aromatic carbocycles. The lowest BCUT2D eigenvalue weighted by atomic mass is 10.1. The highest BCUT2D eigenvalue weighted by molar-refractivity contribution is 7.16. The first kappa shape index (κ1) is 13.4. The van der Waals surface area contributed by atoms with Crippen molar-refractivity contribution in [1.82, 2.24) is 0 Å². The van der Waals surface area contributed by atoms with Gasteiger partial charge in [-0.25, -0.2) is 0 Å². The van der Waals surface area contributed by atoms with Crippen LogP contribution in [-0.4, -0.2) is 18.3 Å². The second-order valence-corrected chi connectivity index (χ2v) is 5.84. The minimum atomic E-state index is -0.0258. The number of aryl methyl sites for hydroxylation is 1. The van der Waals surface area contributed by atoms with Crippen LogP contribution in [-0.2, 0) is 0 Å². The lowest BCUT2D eigenvalue weighted by Crippen LogP contribution is -2.13. The van der Waals surface area contributed by atoms with Gasteiger partial charge in [0.05, 0.1) is 23.5 Å². The summed E-state index contributed by atoms with van der Waals surface area (Å²) in [4.78, 5) is 1.05. The van der Waals surface area contributed by atoms with Gasteiger partial charge in [-0.15, -0.1) is 11.3 Å². The molecule has 0 aliphatic carbocycles. The summed E-state index contributed by atoms with van der Waals surface area (Å²) in [5, 5.41) is 9.42.